The van der Waals surface area contributed by atoms with Gasteiger partial charge in [-0.25, -0.2) is 8.78 Å². The molecule has 0 spiro atoms. The fourth-order valence-electron chi connectivity index (χ4n) is 2.90. The van der Waals surface area contributed by atoms with Gasteiger partial charge in [-0.05, 0) is 50.0 Å². The zero-order chi connectivity index (χ0) is 13.2. The Labute approximate surface area is 112 Å². The maximum Gasteiger partial charge on any atom is 0.159 e. The predicted octanol–water partition coefficient (Wildman–Crippen LogP) is 2.85. The second-order valence-corrected chi connectivity index (χ2v) is 5.66. The van der Waals surface area contributed by atoms with E-state index in [2.05, 4.69) is 10.2 Å². The summed E-state index contributed by atoms with van der Waals surface area (Å²) >= 11 is 0. The molecule has 0 aromatic heterocycles. The molecule has 104 valence electrons. The molecule has 3 rings (SSSR count). The molecule has 1 aromatic rings. The van der Waals surface area contributed by atoms with Crippen molar-refractivity contribution in [1.82, 2.24) is 10.2 Å². The van der Waals surface area contributed by atoms with Crippen molar-refractivity contribution in [3.63, 3.8) is 0 Å². The highest BCUT2D eigenvalue weighted by atomic mass is 19.2. The Morgan fingerprint density at radius 3 is 2.63 bits per heavy atom. The van der Waals surface area contributed by atoms with Gasteiger partial charge in [0.2, 0.25) is 0 Å². The van der Waals surface area contributed by atoms with Crippen molar-refractivity contribution >= 4 is 0 Å². The van der Waals surface area contributed by atoms with Gasteiger partial charge in [0.15, 0.2) is 11.6 Å². The molecule has 2 atom stereocenters. The van der Waals surface area contributed by atoms with Crippen LogP contribution in [0.2, 0.25) is 0 Å². The first-order chi connectivity index (χ1) is 9.24. The fourth-order valence-corrected chi connectivity index (χ4v) is 2.90. The van der Waals surface area contributed by atoms with E-state index in [9.17, 15) is 8.78 Å². The number of likely N-dealkylation sites (tertiary alicyclic amines) is 1. The molecule has 0 radical (unpaired) electrons. The topological polar surface area (TPSA) is 15.3 Å². The standard InChI is InChI=1S/C15H20F2N2/c16-13-5-4-11(8-14(13)17)12-9-15(12)18-10-19-6-2-1-3-7-19/h4-5,8,12,15,18H,1-3,6-7,9-10H2/t12-,15+/m0/s1. The summed E-state index contributed by atoms with van der Waals surface area (Å²) in [6.45, 7) is 3.27. The number of hydrogen-bond donors (Lipinski definition) is 1. The van der Waals surface area contributed by atoms with E-state index in [0.717, 1.165) is 18.7 Å². The van der Waals surface area contributed by atoms with E-state index < -0.39 is 11.6 Å². The molecule has 1 saturated carbocycles. The molecule has 0 bridgehead atoms. The fraction of sp³-hybridized carbons (Fsp3) is 0.600. The van der Waals surface area contributed by atoms with Gasteiger partial charge in [-0.2, -0.15) is 0 Å². The molecule has 1 aliphatic heterocycles. The van der Waals surface area contributed by atoms with Gasteiger partial charge in [-0.15, -0.1) is 0 Å². The SMILES string of the molecule is Fc1ccc([C@@H]2C[C@H]2NCN2CCCCC2)cc1F. The summed E-state index contributed by atoms with van der Waals surface area (Å²) in [6.07, 6.45) is 4.95. The number of nitrogens with zero attached hydrogens (tertiary/aromatic N) is 1. The zero-order valence-electron chi connectivity index (χ0n) is 11.0. The van der Waals surface area contributed by atoms with Crippen molar-refractivity contribution in [2.45, 2.75) is 37.6 Å². The molecule has 1 aromatic carbocycles. The quantitative estimate of drug-likeness (QED) is 0.901. The lowest BCUT2D eigenvalue weighted by Gasteiger charge is -2.26. The Morgan fingerprint density at radius 1 is 1.11 bits per heavy atom. The van der Waals surface area contributed by atoms with Crippen molar-refractivity contribution in [3.05, 3.63) is 35.4 Å². The first-order valence-corrected chi connectivity index (χ1v) is 7.15. The average molecular weight is 266 g/mol. The number of hydrogen-bond acceptors (Lipinski definition) is 2. The molecule has 0 unspecified atom stereocenters. The molecule has 0 amide bonds. The van der Waals surface area contributed by atoms with Crippen LogP contribution < -0.4 is 5.32 Å². The van der Waals surface area contributed by atoms with Crippen molar-refractivity contribution in [1.29, 1.82) is 0 Å². The number of halogens is 2. The van der Waals surface area contributed by atoms with E-state index >= 15 is 0 Å². The molecule has 2 nitrogen and oxygen atoms in total. The second-order valence-electron chi connectivity index (χ2n) is 5.66. The maximum atomic E-state index is 13.2. The minimum Gasteiger partial charge on any atom is -0.301 e. The van der Waals surface area contributed by atoms with Crippen LogP contribution >= 0.6 is 0 Å². The molecule has 2 fully saturated rings. The molecule has 1 N–H and O–H groups in total. The molecular formula is C15H20F2N2. The van der Waals surface area contributed by atoms with Gasteiger partial charge in [-0.1, -0.05) is 12.5 Å². The molecule has 1 aliphatic carbocycles. The van der Waals surface area contributed by atoms with E-state index in [1.165, 1.54) is 44.5 Å². The van der Waals surface area contributed by atoms with Crippen LogP contribution in [0.15, 0.2) is 18.2 Å². The van der Waals surface area contributed by atoms with Crippen LogP contribution in [0.3, 0.4) is 0 Å². The van der Waals surface area contributed by atoms with E-state index in [-0.39, 0.29) is 0 Å². The Kier molecular flexibility index (Phi) is 3.80. The summed E-state index contributed by atoms with van der Waals surface area (Å²) < 4.78 is 26.0. The van der Waals surface area contributed by atoms with Crippen LogP contribution in [0.25, 0.3) is 0 Å². The third-order valence-electron chi connectivity index (χ3n) is 4.19. The smallest absolute Gasteiger partial charge is 0.159 e. The molecular weight excluding hydrogens is 246 g/mol. The van der Waals surface area contributed by atoms with E-state index in [1.807, 2.05) is 0 Å². The second kappa shape index (κ2) is 5.55. The first kappa shape index (κ1) is 13.0. The highest BCUT2D eigenvalue weighted by molar-refractivity contribution is 5.29. The molecule has 1 saturated heterocycles. The Morgan fingerprint density at radius 2 is 1.89 bits per heavy atom. The molecule has 4 heteroatoms. The third-order valence-corrected chi connectivity index (χ3v) is 4.19. The van der Waals surface area contributed by atoms with Crippen molar-refractivity contribution in [3.8, 4) is 0 Å². The van der Waals surface area contributed by atoms with E-state index in [1.54, 1.807) is 6.07 Å². The lowest BCUT2D eigenvalue weighted by Crippen LogP contribution is -2.38. The number of rotatable bonds is 4. The summed E-state index contributed by atoms with van der Waals surface area (Å²) in [6, 6.07) is 4.69. The highest BCUT2D eigenvalue weighted by Gasteiger charge is 2.38. The van der Waals surface area contributed by atoms with Crippen LogP contribution in [-0.2, 0) is 0 Å². The number of piperidine rings is 1. The monoisotopic (exact) mass is 266 g/mol. The molecule has 1 heterocycles. The van der Waals surface area contributed by atoms with Crippen molar-refractivity contribution in [2.24, 2.45) is 0 Å². The van der Waals surface area contributed by atoms with Crippen LogP contribution in [0.4, 0.5) is 8.78 Å². The van der Waals surface area contributed by atoms with E-state index in [4.69, 9.17) is 0 Å². The highest BCUT2D eigenvalue weighted by Crippen LogP contribution is 2.41. The van der Waals surface area contributed by atoms with Gasteiger partial charge in [0, 0.05) is 18.6 Å². The van der Waals surface area contributed by atoms with Gasteiger partial charge in [0.1, 0.15) is 0 Å². The summed E-state index contributed by atoms with van der Waals surface area (Å²) in [5, 5.41) is 3.52. The number of nitrogens with one attached hydrogen (secondary N) is 1. The van der Waals surface area contributed by atoms with Crippen LogP contribution in [0.5, 0.6) is 0 Å². The first-order valence-electron chi connectivity index (χ1n) is 7.15. The lowest BCUT2D eigenvalue weighted by atomic mass is 10.1. The summed E-state index contributed by atoms with van der Waals surface area (Å²) in [5.41, 5.74) is 0.912. The van der Waals surface area contributed by atoms with Crippen molar-refractivity contribution in [2.75, 3.05) is 19.8 Å². The van der Waals surface area contributed by atoms with Gasteiger partial charge < -0.3 is 5.32 Å². The Hall–Kier alpha value is -1.00. The van der Waals surface area contributed by atoms with Gasteiger partial charge in [0.25, 0.3) is 0 Å². The number of benzene rings is 1. The molecule has 2 aliphatic rings. The molecule has 19 heavy (non-hydrogen) atoms. The van der Waals surface area contributed by atoms with Crippen LogP contribution in [0, 0.1) is 11.6 Å². The normalized spacial score (nSPS) is 27.5. The predicted molar refractivity (Wildman–Crippen MR) is 70.9 cm³/mol. The summed E-state index contributed by atoms with van der Waals surface area (Å²) in [5.74, 6) is -1.15. The lowest BCUT2D eigenvalue weighted by molar-refractivity contribution is 0.211. The Bertz CT molecular complexity index is 444. The third kappa shape index (κ3) is 3.12. The average Bonchev–Trinajstić information content (AvgIpc) is 3.20. The van der Waals surface area contributed by atoms with E-state index in [0.29, 0.717) is 12.0 Å². The van der Waals surface area contributed by atoms with Crippen LogP contribution in [0.1, 0.15) is 37.2 Å². The van der Waals surface area contributed by atoms with Gasteiger partial charge in [-0.3, -0.25) is 4.90 Å². The van der Waals surface area contributed by atoms with Gasteiger partial charge in [0.05, 0.1) is 0 Å². The minimum absolute atomic E-state index is 0.347. The van der Waals surface area contributed by atoms with Crippen LogP contribution in [-0.4, -0.2) is 30.7 Å². The van der Waals surface area contributed by atoms with Gasteiger partial charge >= 0.3 is 0 Å². The zero-order valence-corrected chi connectivity index (χ0v) is 11.0. The summed E-state index contributed by atoms with van der Waals surface area (Å²) in [7, 11) is 0. The minimum atomic E-state index is -0.762. The summed E-state index contributed by atoms with van der Waals surface area (Å²) in [4.78, 5) is 2.43. The largest absolute Gasteiger partial charge is 0.301 e. The maximum absolute atomic E-state index is 13.2. The van der Waals surface area contributed by atoms with Crippen molar-refractivity contribution < 1.29 is 8.78 Å². The Balaban J connectivity index is 1.49.